The van der Waals surface area contributed by atoms with Crippen LogP contribution in [0.25, 0.3) is 0 Å². The first kappa shape index (κ1) is 24.8. The Balaban J connectivity index is 1.73. The fourth-order valence-corrected chi connectivity index (χ4v) is 5.78. The van der Waals surface area contributed by atoms with E-state index in [1.807, 2.05) is 37.3 Å². The van der Waals surface area contributed by atoms with Gasteiger partial charge in [-0.1, -0.05) is 66.9 Å². The molecule has 0 aromatic heterocycles. The predicted octanol–water partition coefficient (Wildman–Crippen LogP) is 5.62. The monoisotopic (exact) mass is 497 g/mol. The van der Waals surface area contributed by atoms with Crippen LogP contribution in [0.4, 0.5) is 10.5 Å². The number of sulfonamides is 1. The van der Waals surface area contributed by atoms with Gasteiger partial charge < -0.3 is 10.2 Å². The minimum Gasteiger partial charge on any atom is -0.317 e. The quantitative estimate of drug-likeness (QED) is 0.514. The number of amides is 2. The summed E-state index contributed by atoms with van der Waals surface area (Å²) < 4.78 is 26.7. The number of hydrogen-bond donors (Lipinski definition) is 1. The van der Waals surface area contributed by atoms with Crippen molar-refractivity contribution in [3.63, 3.8) is 0 Å². The van der Waals surface area contributed by atoms with Crippen molar-refractivity contribution in [2.24, 2.45) is 0 Å². The smallest absolute Gasteiger partial charge is 0.317 e. The Morgan fingerprint density at radius 1 is 1.09 bits per heavy atom. The Bertz CT molecular complexity index is 1010. The fourth-order valence-electron chi connectivity index (χ4n) is 3.80. The third-order valence-electron chi connectivity index (χ3n) is 5.64. The van der Waals surface area contributed by atoms with Gasteiger partial charge in [0.2, 0.25) is 10.0 Å². The van der Waals surface area contributed by atoms with E-state index in [-0.39, 0.29) is 17.8 Å². The van der Waals surface area contributed by atoms with Gasteiger partial charge in [-0.25, -0.2) is 17.5 Å². The number of benzene rings is 2. The molecule has 2 aromatic carbocycles. The van der Waals surface area contributed by atoms with E-state index in [4.69, 9.17) is 23.2 Å². The normalized spacial score (nSPS) is 15.5. The van der Waals surface area contributed by atoms with E-state index >= 15 is 0 Å². The van der Waals surface area contributed by atoms with Crippen LogP contribution >= 0.6 is 23.2 Å². The summed E-state index contributed by atoms with van der Waals surface area (Å²) in [6.07, 6.45) is 2.68. The molecule has 1 fully saturated rings. The summed E-state index contributed by atoms with van der Waals surface area (Å²) >= 11 is 12.1. The van der Waals surface area contributed by atoms with Crippen LogP contribution in [0, 0.1) is 0 Å². The van der Waals surface area contributed by atoms with Crippen LogP contribution in [0.3, 0.4) is 0 Å². The molecule has 1 aliphatic rings. The Hall–Kier alpha value is -1.80. The lowest BCUT2D eigenvalue weighted by Gasteiger charge is -2.38. The molecule has 0 bridgehead atoms. The summed E-state index contributed by atoms with van der Waals surface area (Å²) in [5.41, 5.74) is 1.57. The van der Waals surface area contributed by atoms with E-state index in [2.05, 4.69) is 5.32 Å². The molecule has 3 rings (SSSR count). The first-order valence-corrected chi connectivity index (χ1v) is 13.2. The number of hydrogen-bond acceptors (Lipinski definition) is 3. The summed E-state index contributed by atoms with van der Waals surface area (Å²) in [6, 6.07) is 14.4. The van der Waals surface area contributed by atoms with Crippen LogP contribution in [-0.4, -0.2) is 48.5 Å². The SMILES string of the molecule is CCCCS(=O)(=O)N1CCC(N(Cc2ccccc2)C(=O)Nc2ccc(Cl)c(Cl)c2)CC1. The van der Waals surface area contributed by atoms with Gasteiger partial charge in [0.05, 0.1) is 15.8 Å². The third-order valence-corrected chi connectivity index (χ3v) is 8.34. The van der Waals surface area contributed by atoms with Gasteiger partial charge in [-0.3, -0.25) is 0 Å². The van der Waals surface area contributed by atoms with E-state index < -0.39 is 10.0 Å². The van der Waals surface area contributed by atoms with E-state index in [0.717, 1.165) is 12.0 Å². The van der Waals surface area contributed by atoms with Crippen molar-refractivity contribution in [3.8, 4) is 0 Å². The number of nitrogens with one attached hydrogen (secondary N) is 1. The van der Waals surface area contributed by atoms with Crippen LogP contribution in [0.5, 0.6) is 0 Å². The van der Waals surface area contributed by atoms with Gasteiger partial charge in [0, 0.05) is 31.4 Å². The maximum atomic E-state index is 13.2. The van der Waals surface area contributed by atoms with Crippen molar-refractivity contribution in [2.75, 3.05) is 24.2 Å². The number of carbonyl (C=O) groups is 1. The van der Waals surface area contributed by atoms with Crippen molar-refractivity contribution in [1.82, 2.24) is 9.21 Å². The zero-order valence-electron chi connectivity index (χ0n) is 18.1. The molecule has 0 atom stereocenters. The zero-order chi connectivity index (χ0) is 23.1. The van der Waals surface area contributed by atoms with Crippen LogP contribution in [0.1, 0.15) is 38.2 Å². The number of urea groups is 1. The summed E-state index contributed by atoms with van der Waals surface area (Å²) in [4.78, 5) is 15.0. The van der Waals surface area contributed by atoms with E-state index in [0.29, 0.717) is 54.6 Å². The summed E-state index contributed by atoms with van der Waals surface area (Å²) in [6.45, 7) is 3.25. The van der Waals surface area contributed by atoms with Crippen LogP contribution in [-0.2, 0) is 16.6 Å². The molecule has 0 radical (unpaired) electrons. The van der Waals surface area contributed by atoms with Crippen molar-refractivity contribution >= 4 is 44.9 Å². The maximum Gasteiger partial charge on any atom is 0.322 e. The molecule has 0 spiro atoms. The fraction of sp³-hybridized carbons (Fsp3) is 0.435. The predicted molar refractivity (Wildman–Crippen MR) is 131 cm³/mol. The Morgan fingerprint density at radius 3 is 2.41 bits per heavy atom. The molecule has 0 unspecified atom stereocenters. The number of unbranched alkanes of at least 4 members (excludes halogenated alkanes) is 1. The molecular weight excluding hydrogens is 469 g/mol. The van der Waals surface area contributed by atoms with Crippen molar-refractivity contribution in [1.29, 1.82) is 0 Å². The second-order valence-corrected chi connectivity index (χ2v) is 10.9. The van der Waals surface area contributed by atoms with Crippen molar-refractivity contribution in [2.45, 2.75) is 45.2 Å². The third kappa shape index (κ3) is 6.61. The van der Waals surface area contributed by atoms with E-state index in [1.165, 1.54) is 0 Å². The van der Waals surface area contributed by atoms with Gasteiger partial charge in [0.1, 0.15) is 0 Å². The van der Waals surface area contributed by atoms with Crippen molar-refractivity contribution < 1.29 is 13.2 Å². The molecule has 1 saturated heterocycles. The molecule has 0 aliphatic carbocycles. The molecule has 6 nitrogen and oxygen atoms in total. The summed E-state index contributed by atoms with van der Waals surface area (Å²) in [5.74, 6) is 0.180. The largest absolute Gasteiger partial charge is 0.322 e. The van der Waals surface area contributed by atoms with Gasteiger partial charge in [-0.15, -0.1) is 0 Å². The second kappa shape index (κ2) is 11.4. The molecule has 0 saturated carbocycles. The Labute approximate surface area is 200 Å². The average Bonchev–Trinajstić information content (AvgIpc) is 2.79. The highest BCUT2D eigenvalue weighted by atomic mass is 35.5. The highest BCUT2D eigenvalue weighted by Gasteiger charge is 2.32. The second-order valence-electron chi connectivity index (χ2n) is 7.97. The molecule has 1 heterocycles. The minimum atomic E-state index is -3.24. The Kier molecular flexibility index (Phi) is 8.82. The number of halogens is 2. The lowest BCUT2D eigenvalue weighted by molar-refractivity contribution is 0.151. The molecule has 1 aliphatic heterocycles. The molecule has 1 N–H and O–H groups in total. The number of carbonyl (C=O) groups excluding carboxylic acids is 1. The molecular formula is C23H29Cl2N3O3S. The van der Waals surface area contributed by atoms with Crippen LogP contribution < -0.4 is 5.32 Å². The van der Waals surface area contributed by atoms with Gasteiger partial charge in [0.25, 0.3) is 0 Å². The van der Waals surface area contributed by atoms with E-state index in [1.54, 1.807) is 27.4 Å². The highest BCUT2D eigenvalue weighted by Crippen LogP contribution is 2.27. The Morgan fingerprint density at radius 2 is 1.78 bits per heavy atom. The van der Waals surface area contributed by atoms with Gasteiger partial charge in [0.15, 0.2) is 0 Å². The number of anilines is 1. The first-order chi connectivity index (χ1) is 15.3. The molecule has 9 heteroatoms. The average molecular weight is 498 g/mol. The topological polar surface area (TPSA) is 69.7 Å². The van der Waals surface area contributed by atoms with Gasteiger partial charge >= 0.3 is 6.03 Å². The number of nitrogens with zero attached hydrogens (tertiary/aromatic N) is 2. The lowest BCUT2D eigenvalue weighted by atomic mass is 10.0. The number of piperidine rings is 1. The minimum absolute atomic E-state index is 0.0735. The van der Waals surface area contributed by atoms with Gasteiger partial charge in [-0.05, 0) is 43.0 Å². The van der Waals surface area contributed by atoms with Gasteiger partial charge in [-0.2, -0.15) is 0 Å². The van der Waals surface area contributed by atoms with Crippen molar-refractivity contribution in [3.05, 3.63) is 64.1 Å². The molecule has 174 valence electrons. The zero-order valence-corrected chi connectivity index (χ0v) is 20.5. The lowest BCUT2D eigenvalue weighted by Crippen LogP contribution is -2.50. The summed E-state index contributed by atoms with van der Waals surface area (Å²) in [5, 5.41) is 3.69. The van der Waals surface area contributed by atoms with E-state index in [9.17, 15) is 13.2 Å². The maximum absolute atomic E-state index is 13.2. The molecule has 32 heavy (non-hydrogen) atoms. The number of rotatable bonds is 8. The molecule has 2 amide bonds. The highest BCUT2D eigenvalue weighted by molar-refractivity contribution is 7.89. The summed E-state index contributed by atoms with van der Waals surface area (Å²) in [7, 11) is -3.24. The van der Waals surface area contributed by atoms with Crippen LogP contribution in [0.15, 0.2) is 48.5 Å². The molecule has 2 aromatic rings. The first-order valence-electron chi connectivity index (χ1n) is 10.8. The van der Waals surface area contributed by atoms with Crippen LogP contribution in [0.2, 0.25) is 10.0 Å². The standard InChI is InChI=1S/C23H29Cl2N3O3S/c1-2-3-15-32(30,31)27-13-11-20(12-14-27)28(17-18-7-5-4-6-8-18)23(29)26-19-9-10-21(24)22(25)16-19/h4-10,16,20H,2-3,11-15,17H2,1H3,(H,26,29).